The Labute approximate surface area is 207 Å². The first-order valence-corrected chi connectivity index (χ1v) is 11.6. The van der Waals surface area contributed by atoms with Crippen LogP contribution in [0, 0.1) is 0 Å². The minimum atomic E-state index is -0.169. The summed E-state index contributed by atoms with van der Waals surface area (Å²) >= 11 is 0. The molecule has 1 aliphatic heterocycles. The van der Waals surface area contributed by atoms with E-state index in [1.807, 2.05) is 36.2 Å². The number of carbonyl (C=O) groups excluding carboxylic acids is 2. The number of anilines is 1. The SMILES string of the molecule is COc1ccc(CN(C(=O)CCC(=O)N2CCN(C)CC2)c2cc(OC)c(OC)c(OC)c2)cc1. The smallest absolute Gasteiger partial charge is 0.227 e. The third kappa shape index (κ3) is 6.57. The van der Waals surface area contributed by atoms with Crippen LogP contribution in [0.1, 0.15) is 18.4 Å². The van der Waals surface area contributed by atoms with Gasteiger partial charge in [0.15, 0.2) is 11.5 Å². The maximum absolute atomic E-state index is 13.5. The average molecular weight is 486 g/mol. The summed E-state index contributed by atoms with van der Waals surface area (Å²) in [5.41, 5.74) is 1.51. The van der Waals surface area contributed by atoms with Gasteiger partial charge in [-0.1, -0.05) is 12.1 Å². The number of nitrogens with zero attached hydrogens (tertiary/aromatic N) is 3. The molecule has 9 nitrogen and oxygen atoms in total. The fourth-order valence-electron chi connectivity index (χ4n) is 4.02. The van der Waals surface area contributed by atoms with Crippen molar-refractivity contribution in [3.63, 3.8) is 0 Å². The lowest BCUT2D eigenvalue weighted by Crippen LogP contribution is -2.47. The third-order valence-corrected chi connectivity index (χ3v) is 6.17. The van der Waals surface area contributed by atoms with Crippen molar-refractivity contribution in [1.82, 2.24) is 9.80 Å². The molecule has 2 aromatic carbocycles. The Balaban J connectivity index is 1.84. The van der Waals surface area contributed by atoms with Gasteiger partial charge in [-0.25, -0.2) is 0 Å². The number of ether oxygens (including phenoxy) is 4. The Bertz CT molecular complexity index is 978. The molecular weight excluding hydrogens is 450 g/mol. The molecule has 3 rings (SSSR count). The zero-order valence-electron chi connectivity index (χ0n) is 21.2. The molecule has 1 heterocycles. The van der Waals surface area contributed by atoms with Crippen molar-refractivity contribution in [2.45, 2.75) is 19.4 Å². The van der Waals surface area contributed by atoms with E-state index in [-0.39, 0.29) is 24.7 Å². The highest BCUT2D eigenvalue weighted by Gasteiger charge is 2.24. The second-order valence-corrected chi connectivity index (χ2v) is 8.40. The minimum absolute atomic E-state index is 0.000685. The van der Waals surface area contributed by atoms with Crippen molar-refractivity contribution >= 4 is 17.5 Å². The summed E-state index contributed by atoms with van der Waals surface area (Å²) in [6.45, 7) is 3.37. The van der Waals surface area contributed by atoms with E-state index >= 15 is 0 Å². The Morgan fingerprint density at radius 1 is 0.829 bits per heavy atom. The number of rotatable bonds is 10. The lowest BCUT2D eigenvalue weighted by atomic mass is 10.1. The molecule has 9 heteroatoms. The van der Waals surface area contributed by atoms with E-state index < -0.39 is 0 Å². The van der Waals surface area contributed by atoms with Gasteiger partial charge in [0.2, 0.25) is 17.6 Å². The number of benzene rings is 2. The fourth-order valence-corrected chi connectivity index (χ4v) is 4.02. The van der Waals surface area contributed by atoms with E-state index in [0.29, 0.717) is 42.6 Å². The number of hydrogen-bond acceptors (Lipinski definition) is 7. The lowest BCUT2D eigenvalue weighted by Gasteiger charge is -2.32. The number of hydrogen-bond donors (Lipinski definition) is 0. The van der Waals surface area contributed by atoms with Crippen LogP contribution < -0.4 is 23.8 Å². The number of methoxy groups -OCH3 is 4. The first kappa shape index (κ1) is 26.2. The molecule has 0 N–H and O–H groups in total. The van der Waals surface area contributed by atoms with E-state index in [0.717, 1.165) is 24.4 Å². The first-order valence-electron chi connectivity index (χ1n) is 11.6. The predicted molar refractivity (Wildman–Crippen MR) is 134 cm³/mol. The second kappa shape index (κ2) is 12.3. The van der Waals surface area contributed by atoms with Crippen LogP contribution in [0.15, 0.2) is 36.4 Å². The Morgan fingerprint density at radius 3 is 1.94 bits per heavy atom. The lowest BCUT2D eigenvalue weighted by molar-refractivity contribution is -0.134. The van der Waals surface area contributed by atoms with Crippen LogP contribution in [-0.4, -0.2) is 83.3 Å². The van der Waals surface area contributed by atoms with Gasteiger partial charge in [-0.2, -0.15) is 0 Å². The van der Waals surface area contributed by atoms with Crippen LogP contribution >= 0.6 is 0 Å². The first-order chi connectivity index (χ1) is 16.9. The summed E-state index contributed by atoms with van der Waals surface area (Å²) in [4.78, 5) is 31.9. The highest BCUT2D eigenvalue weighted by atomic mass is 16.5. The summed E-state index contributed by atoms with van der Waals surface area (Å²) in [6, 6.07) is 11.0. The molecule has 1 aliphatic rings. The maximum Gasteiger partial charge on any atom is 0.227 e. The predicted octanol–water partition coefficient (Wildman–Crippen LogP) is 2.81. The summed E-state index contributed by atoms with van der Waals surface area (Å²) < 4.78 is 21.7. The summed E-state index contributed by atoms with van der Waals surface area (Å²) in [5, 5.41) is 0. The average Bonchev–Trinajstić information content (AvgIpc) is 2.89. The van der Waals surface area contributed by atoms with Crippen molar-refractivity contribution in [1.29, 1.82) is 0 Å². The van der Waals surface area contributed by atoms with Crippen molar-refractivity contribution < 1.29 is 28.5 Å². The number of amides is 2. The van der Waals surface area contributed by atoms with Gasteiger partial charge in [0, 0.05) is 51.2 Å². The molecule has 0 aliphatic carbocycles. The monoisotopic (exact) mass is 485 g/mol. The highest BCUT2D eigenvalue weighted by Crippen LogP contribution is 2.41. The van der Waals surface area contributed by atoms with E-state index in [1.54, 1.807) is 24.1 Å². The molecule has 1 fully saturated rings. The topological polar surface area (TPSA) is 80.8 Å². The summed E-state index contributed by atoms with van der Waals surface area (Å²) in [6.07, 6.45) is 0.254. The van der Waals surface area contributed by atoms with E-state index in [1.165, 1.54) is 21.3 Å². The zero-order chi connectivity index (χ0) is 25.4. The second-order valence-electron chi connectivity index (χ2n) is 8.40. The van der Waals surface area contributed by atoms with Crippen molar-refractivity contribution in [2.24, 2.45) is 0 Å². The molecule has 0 radical (unpaired) electrons. The molecule has 2 amide bonds. The zero-order valence-corrected chi connectivity index (χ0v) is 21.2. The van der Waals surface area contributed by atoms with Crippen LogP contribution in [0.5, 0.6) is 23.0 Å². The molecule has 0 aromatic heterocycles. The number of piperazine rings is 1. The normalized spacial score (nSPS) is 13.8. The van der Waals surface area contributed by atoms with Crippen LogP contribution in [-0.2, 0) is 16.1 Å². The van der Waals surface area contributed by atoms with Gasteiger partial charge in [0.25, 0.3) is 0 Å². The number of carbonyl (C=O) groups is 2. The molecule has 190 valence electrons. The van der Waals surface area contributed by atoms with Gasteiger partial charge in [0.1, 0.15) is 5.75 Å². The Hall–Kier alpha value is -3.46. The summed E-state index contributed by atoms with van der Waals surface area (Å²) in [5.74, 6) is 1.90. The molecule has 0 unspecified atom stereocenters. The molecule has 0 atom stereocenters. The quantitative estimate of drug-likeness (QED) is 0.512. The van der Waals surface area contributed by atoms with Gasteiger partial charge >= 0.3 is 0 Å². The Morgan fingerprint density at radius 2 is 1.43 bits per heavy atom. The number of likely N-dealkylation sites (N-methyl/N-ethyl adjacent to an activating group) is 1. The van der Waals surface area contributed by atoms with Gasteiger partial charge in [0.05, 0.1) is 40.7 Å². The molecule has 2 aromatic rings. The molecule has 1 saturated heterocycles. The molecular formula is C26H35N3O6. The largest absolute Gasteiger partial charge is 0.497 e. The van der Waals surface area contributed by atoms with E-state index in [2.05, 4.69) is 4.90 Å². The Kier molecular flexibility index (Phi) is 9.19. The van der Waals surface area contributed by atoms with Gasteiger partial charge in [-0.05, 0) is 24.7 Å². The van der Waals surface area contributed by atoms with Gasteiger partial charge in [-0.15, -0.1) is 0 Å². The van der Waals surface area contributed by atoms with E-state index in [9.17, 15) is 9.59 Å². The molecule has 35 heavy (non-hydrogen) atoms. The standard InChI is InChI=1S/C26H35N3O6/c1-27-12-14-28(15-13-27)24(30)10-11-25(31)29(18-19-6-8-21(32-2)9-7-19)20-16-22(33-3)26(35-5)23(17-20)34-4/h6-9,16-17H,10-15,18H2,1-5H3. The van der Waals surface area contributed by atoms with Gasteiger partial charge in [-0.3, -0.25) is 9.59 Å². The minimum Gasteiger partial charge on any atom is -0.497 e. The van der Waals surface area contributed by atoms with Crippen LogP contribution in [0.25, 0.3) is 0 Å². The van der Waals surface area contributed by atoms with Gasteiger partial charge < -0.3 is 33.6 Å². The van der Waals surface area contributed by atoms with Crippen molar-refractivity contribution in [3.8, 4) is 23.0 Å². The van der Waals surface area contributed by atoms with Crippen LogP contribution in [0.2, 0.25) is 0 Å². The molecule has 0 spiro atoms. The molecule has 0 saturated carbocycles. The van der Waals surface area contributed by atoms with Crippen molar-refractivity contribution in [3.05, 3.63) is 42.0 Å². The van der Waals surface area contributed by atoms with E-state index in [4.69, 9.17) is 18.9 Å². The third-order valence-electron chi connectivity index (χ3n) is 6.17. The maximum atomic E-state index is 13.5. The van der Waals surface area contributed by atoms with Crippen LogP contribution in [0.3, 0.4) is 0 Å². The van der Waals surface area contributed by atoms with Crippen molar-refractivity contribution in [2.75, 3.05) is 66.6 Å². The summed E-state index contributed by atoms with van der Waals surface area (Å²) in [7, 11) is 8.25. The highest BCUT2D eigenvalue weighted by molar-refractivity contribution is 5.96. The van der Waals surface area contributed by atoms with Crippen LogP contribution in [0.4, 0.5) is 5.69 Å². The molecule has 0 bridgehead atoms. The fraction of sp³-hybridized carbons (Fsp3) is 0.462.